The fourth-order valence-electron chi connectivity index (χ4n) is 1.58. The third kappa shape index (κ3) is 3.41. The quantitative estimate of drug-likeness (QED) is 0.747. The van der Waals surface area contributed by atoms with Crippen LogP contribution in [0.25, 0.3) is 11.4 Å². The Labute approximate surface area is 124 Å². The highest BCUT2D eigenvalue weighted by atomic mass is 79.9. The summed E-state index contributed by atoms with van der Waals surface area (Å²) in [6.45, 7) is 4.62. The van der Waals surface area contributed by atoms with Crippen molar-refractivity contribution < 1.29 is 18.4 Å². The first-order valence-electron chi connectivity index (χ1n) is 6.18. The normalized spacial score (nSPS) is 11.2. The Morgan fingerprint density at radius 2 is 2.00 bits per heavy atom. The molecule has 1 heterocycles. The summed E-state index contributed by atoms with van der Waals surface area (Å²) in [5.41, 5.74) is 0.639. The third-order valence-electron chi connectivity index (χ3n) is 2.46. The Balaban J connectivity index is 2.24. The zero-order valence-electron chi connectivity index (χ0n) is 11.1. The molecule has 0 amide bonds. The van der Waals surface area contributed by atoms with Crippen molar-refractivity contribution in [2.24, 2.45) is 0 Å². The molecule has 0 bridgehead atoms. The monoisotopic (exact) mass is 344 g/mol. The van der Waals surface area contributed by atoms with Gasteiger partial charge in [0.15, 0.2) is 0 Å². The van der Waals surface area contributed by atoms with Crippen LogP contribution in [-0.4, -0.2) is 23.4 Å². The SMILES string of the molecule is CCOC(OCC)c1nc(-c2ccc(F)c(Br)c2)no1. The van der Waals surface area contributed by atoms with Crippen molar-refractivity contribution in [2.75, 3.05) is 13.2 Å². The molecule has 1 aromatic heterocycles. The highest BCUT2D eigenvalue weighted by Crippen LogP contribution is 2.25. The van der Waals surface area contributed by atoms with Gasteiger partial charge in [0.05, 0.1) is 4.47 Å². The lowest BCUT2D eigenvalue weighted by molar-refractivity contribution is -0.155. The number of ether oxygens (including phenoxy) is 2. The van der Waals surface area contributed by atoms with Gasteiger partial charge in [-0.3, -0.25) is 0 Å². The number of nitrogens with zero attached hydrogens (tertiary/aromatic N) is 2. The predicted octanol–water partition coefficient (Wildman–Crippen LogP) is 3.71. The molecule has 5 nitrogen and oxygen atoms in total. The summed E-state index contributed by atoms with van der Waals surface area (Å²) in [5, 5.41) is 3.85. The van der Waals surface area contributed by atoms with E-state index in [1.807, 2.05) is 13.8 Å². The minimum Gasteiger partial charge on any atom is -0.345 e. The van der Waals surface area contributed by atoms with Crippen molar-refractivity contribution in [1.82, 2.24) is 10.1 Å². The molecule has 1 aromatic carbocycles. The summed E-state index contributed by atoms with van der Waals surface area (Å²) < 4.78 is 29.4. The first kappa shape index (κ1) is 15.1. The van der Waals surface area contributed by atoms with Gasteiger partial charge in [0.1, 0.15) is 5.82 Å². The molecular weight excluding hydrogens is 331 g/mol. The van der Waals surface area contributed by atoms with Crippen molar-refractivity contribution in [3.05, 3.63) is 34.4 Å². The molecule has 0 N–H and O–H groups in total. The van der Waals surface area contributed by atoms with Crippen molar-refractivity contribution in [3.8, 4) is 11.4 Å². The van der Waals surface area contributed by atoms with Crippen LogP contribution in [0, 0.1) is 5.82 Å². The maximum atomic E-state index is 13.2. The standard InChI is InChI=1S/C13H14BrFN2O3/c1-3-18-13(19-4-2)12-16-11(17-20-12)8-5-6-10(15)9(14)7-8/h5-7,13H,3-4H2,1-2H3. The Hall–Kier alpha value is -1.31. The van der Waals surface area contributed by atoms with Crippen LogP contribution in [0.2, 0.25) is 0 Å². The molecule has 0 unspecified atom stereocenters. The molecule has 2 rings (SSSR count). The van der Waals surface area contributed by atoms with Gasteiger partial charge in [-0.1, -0.05) is 5.16 Å². The van der Waals surface area contributed by atoms with Gasteiger partial charge in [0.25, 0.3) is 5.89 Å². The molecule has 20 heavy (non-hydrogen) atoms. The second-order valence-electron chi connectivity index (χ2n) is 3.83. The van der Waals surface area contributed by atoms with E-state index in [4.69, 9.17) is 14.0 Å². The summed E-state index contributed by atoms with van der Waals surface area (Å²) in [6, 6.07) is 4.49. The van der Waals surface area contributed by atoms with Crippen molar-refractivity contribution in [3.63, 3.8) is 0 Å². The number of hydrogen-bond acceptors (Lipinski definition) is 5. The summed E-state index contributed by atoms with van der Waals surface area (Å²) in [6.07, 6.45) is -0.685. The zero-order valence-corrected chi connectivity index (χ0v) is 12.7. The highest BCUT2D eigenvalue weighted by molar-refractivity contribution is 9.10. The molecule has 0 aliphatic heterocycles. The molecule has 0 fully saturated rings. The maximum Gasteiger partial charge on any atom is 0.283 e. The summed E-state index contributed by atoms with van der Waals surface area (Å²) >= 11 is 3.12. The lowest BCUT2D eigenvalue weighted by Gasteiger charge is -2.11. The highest BCUT2D eigenvalue weighted by Gasteiger charge is 2.20. The first-order chi connectivity index (χ1) is 9.65. The number of aromatic nitrogens is 2. The summed E-state index contributed by atoms with van der Waals surface area (Å²) in [4.78, 5) is 4.22. The van der Waals surface area contributed by atoms with Gasteiger partial charge in [-0.05, 0) is 48.0 Å². The maximum absolute atomic E-state index is 13.2. The minimum absolute atomic E-state index is 0.240. The Morgan fingerprint density at radius 1 is 1.30 bits per heavy atom. The zero-order chi connectivity index (χ0) is 14.5. The van der Waals surface area contributed by atoms with Crippen LogP contribution in [0.15, 0.2) is 27.2 Å². The van der Waals surface area contributed by atoms with E-state index in [-0.39, 0.29) is 11.7 Å². The van der Waals surface area contributed by atoms with Crippen molar-refractivity contribution in [2.45, 2.75) is 20.1 Å². The Kier molecular flexibility index (Phi) is 5.22. The van der Waals surface area contributed by atoms with Gasteiger partial charge < -0.3 is 14.0 Å². The van der Waals surface area contributed by atoms with Gasteiger partial charge in [0, 0.05) is 18.8 Å². The van der Waals surface area contributed by atoms with Crippen molar-refractivity contribution >= 4 is 15.9 Å². The molecule has 2 aromatic rings. The van der Waals surface area contributed by atoms with E-state index in [0.717, 1.165) is 0 Å². The molecule has 108 valence electrons. The van der Waals surface area contributed by atoms with E-state index < -0.39 is 6.29 Å². The topological polar surface area (TPSA) is 57.4 Å². The van der Waals surface area contributed by atoms with Crippen LogP contribution in [0.1, 0.15) is 26.0 Å². The lowest BCUT2D eigenvalue weighted by atomic mass is 10.2. The average molecular weight is 345 g/mol. The van der Waals surface area contributed by atoms with Crippen molar-refractivity contribution in [1.29, 1.82) is 0 Å². The molecule has 0 radical (unpaired) electrons. The minimum atomic E-state index is -0.685. The van der Waals surface area contributed by atoms with Gasteiger partial charge >= 0.3 is 0 Å². The smallest absolute Gasteiger partial charge is 0.283 e. The summed E-state index contributed by atoms with van der Waals surface area (Å²) in [7, 11) is 0. The van der Waals surface area contributed by atoms with Crippen LogP contribution in [0.4, 0.5) is 4.39 Å². The molecule has 7 heteroatoms. The summed E-state index contributed by atoms with van der Waals surface area (Å²) in [5.74, 6) is 0.244. The fraction of sp³-hybridized carbons (Fsp3) is 0.385. The molecule has 0 saturated heterocycles. The second-order valence-corrected chi connectivity index (χ2v) is 4.68. The van der Waals surface area contributed by atoms with Crippen LogP contribution in [0.5, 0.6) is 0 Å². The second kappa shape index (κ2) is 6.92. The number of benzene rings is 1. The number of hydrogen-bond donors (Lipinski definition) is 0. The van der Waals surface area contributed by atoms with Gasteiger partial charge in [-0.2, -0.15) is 4.98 Å². The molecule has 0 atom stereocenters. The van der Waals surface area contributed by atoms with E-state index >= 15 is 0 Å². The van der Waals surface area contributed by atoms with E-state index in [1.165, 1.54) is 6.07 Å². The van der Waals surface area contributed by atoms with E-state index in [2.05, 4.69) is 26.1 Å². The number of halogens is 2. The van der Waals surface area contributed by atoms with E-state index in [1.54, 1.807) is 12.1 Å². The third-order valence-corrected chi connectivity index (χ3v) is 3.06. The molecular formula is C13H14BrFN2O3. The van der Waals surface area contributed by atoms with Gasteiger partial charge in [-0.15, -0.1) is 0 Å². The fourth-order valence-corrected chi connectivity index (χ4v) is 1.96. The molecule has 0 aliphatic rings. The van der Waals surface area contributed by atoms with E-state index in [0.29, 0.717) is 29.1 Å². The van der Waals surface area contributed by atoms with Gasteiger partial charge in [0.2, 0.25) is 12.1 Å². The lowest BCUT2D eigenvalue weighted by Crippen LogP contribution is -2.09. The first-order valence-corrected chi connectivity index (χ1v) is 6.97. The predicted molar refractivity (Wildman–Crippen MR) is 73.4 cm³/mol. The van der Waals surface area contributed by atoms with Gasteiger partial charge in [-0.25, -0.2) is 4.39 Å². The Bertz CT molecular complexity index is 570. The molecule has 0 spiro atoms. The van der Waals surface area contributed by atoms with Crippen LogP contribution < -0.4 is 0 Å². The van der Waals surface area contributed by atoms with E-state index in [9.17, 15) is 4.39 Å². The average Bonchev–Trinajstić information content (AvgIpc) is 2.91. The van der Waals surface area contributed by atoms with Crippen LogP contribution >= 0.6 is 15.9 Å². The largest absolute Gasteiger partial charge is 0.345 e. The van der Waals surface area contributed by atoms with Crippen LogP contribution in [-0.2, 0) is 9.47 Å². The van der Waals surface area contributed by atoms with Crippen LogP contribution in [0.3, 0.4) is 0 Å². The molecule has 0 aliphatic carbocycles. The number of rotatable bonds is 6. The molecule has 0 saturated carbocycles. The Morgan fingerprint density at radius 3 is 2.60 bits per heavy atom.